The van der Waals surface area contributed by atoms with Crippen molar-refractivity contribution in [3.63, 3.8) is 0 Å². The number of hydrogen-bond acceptors (Lipinski definition) is 3. The first-order valence-corrected chi connectivity index (χ1v) is 6.72. The first kappa shape index (κ1) is 13.8. The molecule has 1 saturated heterocycles. The molecular weight excluding hydrogens is 245 g/mol. The van der Waals surface area contributed by atoms with E-state index in [1.807, 2.05) is 0 Å². The predicted octanol–water partition coefficient (Wildman–Crippen LogP) is 1.62. The summed E-state index contributed by atoms with van der Waals surface area (Å²) in [6.07, 6.45) is 3.78. The van der Waals surface area contributed by atoms with Crippen LogP contribution in [0.25, 0.3) is 0 Å². The Kier molecular flexibility index (Phi) is 4.74. The van der Waals surface area contributed by atoms with E-state index in [9.17, 15) is 9.18 Å². The van der Waals surface area contributed by atoms with E-state index in [1.54, 1.807) is 0 Å². The first-order chi connectivity index (χ1) is 9.16. The van der Waals surface area contributed by atoms with Gasteiger partial charge in [-0.2, -0.15) is 0 Å². The molecule has 1 heterocycles. The van der Waals surface area contributed by atoms with Crippen LogP contribution in [0.15, 0.2) is 18.2 Å². The molecule has 3 N–H and O–H groups in total. The molecule has 0 bridgehead atoms. The Balaban J connectivity index is 1.78. The van der Waals surface area contributed by atoms with Gasteiger partial charge in [0, 0.05) is 18.7 Å². The molecule has 2 rings (SSSR count). The van der Waals surface area contributed by atoms with E-state index in [-0.39, 0.29) is 11.6 Å². The summed E-state index contributed by atoms with van der Waals surface area (Å²) < 4.78 is 13.0. The van der Waals surface area contributed by atoms with Crippen molar-refractivity contribution in [3.05, 3.63) is 29.6 Å². The van der Waals surface area contributed by atoms with E-state index in [1.165, 1.54) is 37.5 Å². The third kappa shape index (κ3) is 3.92. The lowest BCUT2D eigenvalue weighted by molar-refractivity contribution is 0.0946. The number of nitrogens with one attached hydrogen (secondary N) is 1. The van der Waals surface area contributed by atoms with Gasteiger partial charge in [-0.3, -0.25) is 4.79 Å². The average Bonchev–Trinajstić information content (AvgIpc) is 2.43. The zero-order valence-corrected chi connectivity index (χ0v) is 11.0. The van der Waals surface area contributed by atoms with Crippen molar-refractivity contribution in [2.24, 2.45) is 0 Å². The maximum atomic E-state index is 13.0. The Morgan fingerprint density at radius 2 is 2.05 bits per heavy atom. The highest BCUT2D eigenvalue weighted by atomic mass is 19.1. The summed E-state index contributed by atoms with van der Waals surface area (Å²) in [7, 11) is 0. The molecule has 1 aliphatic rings. The average molecular weight is 265 g/mol. The molecule has 0 unspecified atom stereocenters. The molecule has 1 amide bonds. The Morgan fingerprint density at radius 1 is 1.32 bits per heavy atom. The zero-order valence-electron chi connectivity index (χ0n) is 11.0. The number of amides is 1. The van der Waals surface area contributed by atoms with Gasteiger partial charge in [0.05, 0.1) is 5.69 Å². The van der Waals surface area contributed by atoms with Gasteiger partial charge in [-0.15, -0.1) is 0 Å². The van der Waals surface area contributed by atoms with Crippen LogP contribution in [-0.4, -0.2) is 37.0 Å². The Labute approximate surface area is 112 Å². The van der Waals surface area contributed by atoms with Crippen LogP contribution in [0.1, 0.15) is 29.6 Å². The van der Waals surface area contributed by atoms with Crippen molar-refractivity contribution in [3.8, 4) is 0 Å². The third-order valence-corrected chi connectivity index (χ3v) is 3.42. The number of likely N-dealkylation sites (tertiary alicyclic amines) is 1. The minimum atomic E-state index is -0.495. The highest BCUT2D eigenvalue weighted by Gasteiger charge is 2.11. The van der Waals surface area contributed by atoms with Gasteiger partial charge < -0.3 is 16.0 Å². The van der Waals surface area contributed by atoms with Gasteiger partial charge in [-0.25, -0.2) is 4.39 Å². The largest absolute Gasteiger partial charge is 0.396 e. The molecule has 1 aromatic rings. The summed E-state index contributed by atoms with van der Waals surface area (Å²) in [5, 5.41) is 2.83. The number of nitrogens with zero attached hydrogens (tertiary/aromatic N) is 1. The molecule has 1 fully saturated rings. The summed E-state index contributed by atoms with van der Waals surface area (Å²) in [6, 6.07) is 4.03. The number of piperidine rings is 1. The minimum Gasteiger partial charge on any atom is -0.396 e. The first-order valence-electron chi connectivity index (χ1n) is 6.72. The van der Waals surface area contributed by atoms with Crippen LogP contribution in [0.2, 0.25) is 0 Å². The second kappa shape index (κ2) is 6.52. The summed E-state index contributed by atoms with van der Waals surface area (Å²) in [5.74, 6) is -0.700. The quantitative estimate of drug-likeness (QED) is 0.813. The fourth-order valence-corrected chi connectivity index (χ4v) is 2.30. The number of anilines is 1. The van der Waals surface area contributed by atoms with Crippen LogP contribution in [-0.2, 0) is 0 Å². The summed E-state index contributed by atoms with van der Waals surface area (Å²) >= 11 is 0. The normalized spacial score (nSPS) is 16.3. The summed E-state index contributed by atoms with van der Waals surface area (Å²) in [4.78, 5) is 14.2. The van der Waals surface area contributed by atoms with Gasteiger partial charge in [0.25, 0.3) is 5.91 Å². The second-order valence-electron chi connectivity index (χ2n) is 4.89. The molecule has 0 radical (unpaired) electrons. The van der Waals surface area contributed by atoms with Crippen molar-refractivity contribution < 1.29 is 9.18 Å². The fraction of sp³-hybridized carbons (Fsp3) is 0.500. The smallest absolute Gasteiger partial charge is 0.251 e. The predicted molar refractivity (Wildman–Crippen MR) is 73.4 cm³/mol. The molecular formula is C14H20FN3O. The van der Waals surface area contributed by atoms with Crippen molar-refractivity contribution >= 4 is 11.6 Å². The molecule has 5 heteroatoms. The van der Waals surface area contributed by atoms with E-state index in [0.29, 0.717) is 12.1 Å². The van der Waals surface area contributed by atoms with E-state index in [0.717, 1.165) is 19.6 Å². The van der Waals surface area contributed by atoms with E-state index >= 15 is 0 Å². The van der Waals surface area contributed by atoms with E-state index in [4.69, 9.17) is 5.73 Å². The number of halogens is 1. The Bertz CT molecular complexity index is 444. The molecule has 0 saturated carbocycles. The number of carbonyl (C=O) groups is 1. The number of benzene rings is 1. The van der Waals surface area contributed by atoms with Gasteiger partial charge in [0.1, 0.15) is 5.82 Å². The number of hydrogen-bond donors (Lipinski definition) is 2. The van der Waals surface area contributed by atoms with Gasteiger partial charge in [0.2, 0.25) is 0 Å². The molecule has 0 aliphatic carbocycles. The Morgan fingerprint density at radius 3 is 2.74 bits per heavy atom. The van der Waals surface area contributed by atoms with Crippen LogP contribution in [0.3, 0.4) is 0 Å². The van der Waals surface area contributed by atoms with Gasteiger partial charge in [0.15, 0.2) is 0 Å². The van der Waals surface area contributed by atoms with Gasteiger partial charge in [-0.05, 0) is 44.1 Å². The van der Waals surface area contributed by atoms with Crippen LogP contribution >= 0.6 is 0 Å². The monoisotopic (exact) mass is 265 g/mol. The third-order valence-electron chi connectivity index (χ3n) is 3.42. The summed E-state index contributed by atoms with van der Waals surface area (Å²) in [5.41, 5.74) is 5.84. The number of rotatable bonds is 4. The molecule has 19 heavy (non-hydrogen) atoms. The van der Waals surface area contributed by atoms with Crippen LogP contribution in [0.5, 0.6) is 0 Å². The van der Waals surface area contributed by atoms with Crippen LogP contribution < -0.4 is 11.1 Å². The molecule has 0 aromatic heterocycles. The fourth-order valence-electron chi connectivity index (χ4n) is 2.30. The number of nitrogen functional groups attached to an aromatic ring is 1. The highest BCUT2D eigenvalue weighted by molar-refractivity contribution is 5.95. The van der Waals surface area contributed by atoms with E-state index < -0.39 is 5.82 Å². The SMILES string of the molecule is Nc1cc(C(=O)NCCN2CCCCC2)ccc1F. The van der Waals surface area contributed by atoms with Crippen LogP contribution in [0.4, 0.5) is 10.1 Å². The van der Waals surface area contributed by atoms with Crippen molar-refractivity contribution in [2.45, 2.75) is 19.3 Å². The lowest BCUT2D eigenvalue weighted by atomic mass is 10.1. The van der Waals surface area contributed by atoms with Crippen LogP contribution in [0, 0.1) is 5.82 Å². The highest BCUT2D eigenvalue weighted by Crippen LogP contribution is 2.12. The number of nitrogens with two attached hydrogens (primary N) is 1. The molecule has 0 spiro atoms. The van der Waals surface area contributed by atoms with Gasteiger partial charge in [-0.1, -0.05) is 6.42 Å². The van der Waals surface area contributed by atoms with Crippen molar-refractivity contribution in [1.82, 2.24) is 10.2 Å². The maximum absolute atomic E-state index is 13.0. The summed E-state index contributed by atoms with van der Waals surface area (Å²) in [6.45, 7) is 3.69. The zero-order chi connectivity index (χ0) is 13.7. The van der Waals surface area contributed by atoms with Crippen molar-refractivity contribution in [1.29, 1.82) is 0 Å². The van der Waals surface area contributed by atoms with Gasteiger partial charge >= 0.3 is 0 Å². The lowest BCUT2D eigenvalue weighted by Crippen LogP contribution is -2.37. The van der Waals surface area contributed by atoms with Crippen molar-refractivity contribution in [2.75, 3.05) is 31.9 Å². The molecule has 1 aromatic carbocycles. The standard InChI is InChI=1S/C14H20FN3O/c15-12-5-4-11(10-13(12)16)14(19)17-6-9-18-7-2-1-3-8-18/h4-5,10H,1-3,6-9,16H2,(H,17,19). The molecule has 0 atom stereocenters. The molecule has 4 nitrogen and oxygen atoms in total. The molecule has 1 aliphatic heterocycles. The second-order valence-corrected chi connectivity index (χ2v) is 4.89. The van der Waals surface area contributed by atoms with E-state index in [2.05, 4.69) is 10.2 Å². The molecule has 104 valence electrons. The topological polar surface area (TPSA) is 58.4 Å². The minimum absolute atomic E-state index is 0.00341. The maximum Gasteiger partial charge on any atom is 0.251 e. The Hall–Kier alpha value is -1.62. The lowest BCUT2D eigenvalue weighted by Gasteiger charge is -2.26. The number of carbonyl (C=O) groups excluding carboxylic acids is 1.